The number of benzene rings is 2. The predicted octanol–water partition coefficient (Wildman–Crippen LogP) is 5.21. The van der Waals surface area contributed by atoms with Crippen molar-refractivity contribution in [3.8, 4) is 11.3 Å². The lowest BCUT2D eigenvalue weighted by Gasteiger charge is -2.05. The van der Waals surface area contributed by atoms with E-state index < -0.39 is 0 Å². The second-order valence-corrected chi connectivity index (χ2v) is 6.44. The van der Waals surface area contributed by atoms with Crippen molar-refractivity contribution in [2.45, 2.75) is 13.8 Å². The van der Waals surface area contributed by atoms with Crippen LogP contribution < -0.4 is 5.32 Å². The molecule has 0 amide bonds. The number of hydrogen-bond donors (Lipinski definition) is 1. The Kier molecular flexibility index (Phi) is 4.32. The minimum atomic E-state index is 0.696. The molecule has 0 atom stereocenters. The van der Waals surface area contributed by atoms with Gasteiger partial charge in [-0.15, -0.1) is 11.3 Å². The minimum Gasteiger partial charge on any atom is -0.322 e. The zero-order valence-corrected chi connectivity index (χ0v) is 14.1. The average molecular weight is 324 g/mol. The summed E-state index contributed by atoms with van der Waals surface area (Å²) in [6, 6.07) is 16.3. The molecule has 0 aliphatic carbocycles. The van der Waals surface area contributed by atoms with E-state index in [2.05, 4.69) is 47.7 Å². The van der Waals surface area contributed by atoms with Gasteiger partial charge in [0.2, 0.25) is 0 Å². The van der Waals surface area contributed by atoms with Gasteiger partial charge in [0, 0.05) is 16.5 Å². The fourth-order valence-corrected chi connectivity index (χ4v) is 3.33. The van der Waals surface area contributed by atoms with E-state index in [0.29, 0.717) is 4.99 Å². The molecule has 0 radical (unpaired) electrons. The van der Waals surface area contributed by atoms with E-state index in [-0.39, 0.29) is 0 Å². The monoisotopic (exact) mass is 324 g/mol. The highest BCUT2D eigenvalue weighted by Gasteiger charge is 2.09. The van der Waals surface area contributed by atoms with E-state index in [1.165, 1.54) is 16.7 Å². The normalized spacial score (nSPS) is 10.5. The van der Waals surface area contributed by atoms with Crippen molar-refractivity contribution in [2.24, 2.45) is 0 Å². The molecular formula is C18H16N2S2. The van der Waals surface area contributed by atoms with Crippen molar-refractivity contribution < 1.29 is 0 Å². The second-order valence-electron chi connectivity index (χ2n) is 5.18. The zero-order chi connectivity index (χ0) is 15.5. The Labute approximate surface area is 139 Å². The van der Waals surface area contributed by atoms with Crippen molar-refractivity contribution in [2.75, 3.05) is 5.32 Å². The third-order valence-corrected chi connectivity index (χ3v) is 4.51. The lowest BCUT2D eigenvalue weighted by molar-refractivity contribution is 1.34. The molecule has 3 rings (SSSR count). The summed E-state index contributed by atoms with van der Waals surface area (Å²) in [5.41, 5.74) is 5.66. The van der Waals surface area contributed by atoms with E-state index in [1.807, 2.05) is 30.3 Å². The molecule has 0 saturated heterocycles. The number of anilines is 1. The van der Waals surface area contributed by atoms with Gasteiger partial charge in [0.25, 0.3) is 0 Å². The van der Waals surface area contributed by atoms with Gasteiger partial charge >= 0.3 is 0 Å². The van der Waals surface area contributed by atoms with E-state index >= 15 is 0 Å². The lowest BCUT2D eigenvalue weighted by atomic mass is 10.0. The standard InChI is InChI=1S/C18H16N2S2/c1-12-8-9-15(13(2)10-12)16-11-22-18(19-16)20-17(21)14-6-4-3-5-7-14/h3-11H,1-2H3,(H,19,20,21). The molecule has 110 valence electrons. The van der Waals surface area contributed by atoms with Crippen LogP contribution in [0, 0.1) is 13.8 Å². The first-order valence-corrected chi connectivity index (χ1v) is 8.32. The molecule has 4 heteroatoms. The summed E-state index contributed by atoms with van der Waals surface area (Å²) in [5.74, 6) is 0. The van der Waals surface area contributed by atoms with Gasteiger partial charge in [-0.2, -0.15) is 0 Å². The van der Waals surface area contributed by atoms with Crippen LogP contribution in [0.5, 0.6) is 0 Å². The first-order valence-electron chi connectivity index (χ1n) is 7.03. The van der Waals surface area contributed by atoms with Gasteiger partial charge in [-0.3, -0.25) is 0 Å². The van der Waals surface area contributed by atoms with Crippen LogP contribution in [0.15, 0.2) is 53.9 Å². The molecule has 1 heterocycles. The van der Waals surface area contributed by atoms with Gasteiger partial charge in [-0.05, 0) is 19.4 Å². The number of rotatable bonds is 3. The van der Waals surface area contributed by atoms with Crippen molar-refractivity contribution in [3.05, 3.63) is 70.6 Å². The molecule has 2 nitrogen and oxygen atoms in total. The number of aromatic nitrogens is 1. The molecule has 0 aliphatic rings. The van der Waals surface area contributed by atoms with Crippen molar-refractivity contribution in [3.63, 3.8) is 0 Å². The average Bonchev–Trinajstić information content (AvgIpc) is 2.96. The van der Waals surface area contributed by atoms with Gasteiger partial charge in [-0.1, -0.05) is 66.3 Å². The molecule has 22 heavy (non-hydrogen) atoms. The summed E-state index contributed by atoms with van der Waals surface area (Å²) in [4.78, 5) is 5.35. The van der Waals surface area contributed by atoms with E-state index in [9.17, 15) is 0 Å². The number of nitrogens with zero attached hydrogens (tertiary/aromatic N) is 1. The van der Waals surface area contributed by atoms with Crippen LogP contribution in [0.4, 0.5) is 5.13 Å². The molecule has 1 N–H and O–H groups in total. The molecule has 0 aliphatic heterocycles. The highest BCUT2D eigenvalue weighted by Crippen LogP contribution is 2.28. The maximum atomic E-state index is 5.43. The van der Waals surface area contributed by atoms with Crippen molar-refractivity contribution in [1.82, 2.24) is 4.98 Å². The molecule has 0 bridgehead atoms. The number of hydrogen-bond acceptors (Lipinski definition) is 3. The van der Waals surface area contributed by atoms with Gasteiger partial charge in [0.15, 0.2) is 5.13 Å². The molecule has 3 aromatic rings. The fraction of sp³-hybridized carbons (Fsp3) is 0.111. The Bertz CT molecular complexity index is 807. The van der Waals surface area contributed by atoms with Crippen molar-refractivity contribution in [1.29, 1.82) is 0 Å². The third kappa shape index (κ3) is 3.24. The summed E-state index contributed by atoms with van der Waals surface area (Å²) < 4.78 is 0. The van der Waals surface area contributed by atoms with Gasteiger partial charge < -0.3 is 5.32 Å². The highest BCUT2D eigenvalue weighted by molar-refractivity contribution is 7.81. The van der Waals surface area contributed by atoms with Crippen LogP contribution in [0.25, 0.3) is 11.3 Å². The SMILES string of the molecule is Cc1ccc(-c2csc(NC(=S)c3ccccc3)n2)c(C)c1. The minimum absolute atomic E-state index is 0.696. The summed E-state index contributed by atoms with van der Waals surface area (Å²) in [5, 5.41) is 6.10. The maximum absolute atomic E-state index is 5.43. The Morgan fingerprint density at radius 3 is 2.59 bits per heavy atom. The van der Waals surface area contributed by atoms with E-state index in [4.69, 9.17) is 12.2 Å². The third-order valence-electron chi connectivity index (χ3n) is 3.42. The topological polar surface area (TPSA) is 24.9 Å². The Balaban J connectivity index is 1.81. The van der Waals surface area contributed by atoms with E-state index in [1.54, 1.807) is 11.3 Å². The largest absolute Gasteiger partial charge is 0.322 e. The number of thiocarbonyl (C=S) groups is 1. The van der Waals surface area contributed by atoms with Gasteiger partial charge in [-0.25, -0.2) is 4.98 Å². The first-order chi connectivity index (χ1) is 10.6. The lowest BCUT2D eigenvalue weighted by Crippen LogP contribution is -2.09. The number of aryl methyl sites for hydroxylation is 2. The van der Waals surface area contributed by atoms with Crippen LogP contribution in [0.2, 0.25) is 0 Å². The molecular weight excluding hydrogens is 308 g/mol. The van der Waals surface area contributed by atoms with Crippen LogP contribution >= 0.6 is 23.6 Å². The van der Waals surface area contributed by atoms with E-state index in [0.717, 1.165) is 16.4 Å². The summed E-state index contributed by atoms with van der Waals surface area (Å²) in [6.07, 6.45) is 0. The number of thiazole rings is 1. The fourth-order valence-electron chi connectivity index (χ4n) is 2.31. The molecule has 0 spiro atoms. The van der Waals surface area contributed by atoms with Gasteiger partial charge in [0.05, 0.1) is 5.69 Å². The zero-order valence-electron chi connectivity index (χ0n) is 12.5. The second kappa shape index (κ2) is 6.38. The van der Waals surface area contributed by atoms with Crippen molar-refractivity contribution >= 4 is 33.7 Å². The molecule has 1 aromatic heterocycles. The molecule has 0 fully saturated rings. The van der Waals surface area contributed by atoms with Crippen LogP contribution in [-0.4, -0.2) is 9.97 Å². The first kappa shape index (κ1) is 14.9. The summed E-state index contributed by atoms with van der Waals surface area (Å²) in [6.45, 7) is 4.21. The Hall–Kier alpha value is -2.04. The molecule has 2 aromatic carbocycles. The van der Waals surface area contributed by atoms with Gasteiger partial charge in [0.1, 0.15) is 4.99 Å². The Morgan fingerprint density at radius 2 is 1.86 bits per heavy atom. The summed E-state index contributed by atoms with van der Waals surface area (Å²) in [7, 11) is 0. The van der Waals surface area contributed by atoms with Crippen LogP contribution in [0.1, 0.15) is 16.7 Å². The predicted molar refractivity (Wildman–Crippen MR) is 98.8 cm³/mol. The quantitative estimate of drug-likeness (QED) is 0.669. The number of nitrogens with one attached hydrogen (secondary N) is 1. The summed E-state index contributed by atoms with van der Waals surface area (Å²) >= 11 is 7.00. The smallest absolute Gasteiger partial charge is 0.188 e. The van der Waals surface area contributed by atoms with Crippen LogP contribution in [-0.2, 0) is 0 Å². The highest BCUT2D eigenvalue weighted by atomic mass is 32.1. The maximum Gasteiger partial charge on any atom is 0.188 e. The Morgan fingerprint density at radius 1 is 1.09 bits per heavy atom. The molecule has 0 unspecified atom stereocenters. The molecule has 0 saturated carbocycles. The van der Waals surface area contributed by atoms with Crippen LogP contribution in [0.3, 0.4) is 0 Å².